The third-order valence-electron chi connectivity index (χ3n) is 6.38. The van der Waals surface area contributed by atoms with Crippen LogP contribution < -0.4 is 20.4 Å². The summed E-state index contributed by atoms with van der Waals surface area (Å²) in [6.07, 6.45) is 4.79. The second-order valence-electron chi connectivity index (χ2n) is 9.34. The van der Waals surface area contributed by atoms with Crippen LogP contribution in [0.3, 0.4) is 0 Å². The largest absolute Gasteiger partial charge is 0.378 e. The molecule has 6 nitrogen and oxygen atoms in total. The summed E-state index contributed by atoms with van der Waals surface area (Å²) in [6.45, 7) is 2.01. The van der Waals surface area contributed by atoms with Gasteiger partial charge in [-0.3, -0.25) is 0 Å². The average molecular weight is 433 g/mol. The molecule has 4 rings (SSSR count). The molecule has 0 atom stereocenters. The molecular formula is C26H36N6. The minimum Gasteiger partial charge on any atom is -0.378 e. The van der Waals surface area contributed by atoms with Gasteiger partial charge in [0.25, 0.3) is 0 Å². The minimum absolute atomic E-state index is 0.444. The standard InChI is InChI=1S/C26H36N6/c1-31(2)22-9-7-8-20(16-22)18-27-17-19-12-14-21(15-13-19)28-26-29-24-11-6-5-10-23(24)25(30-26)32(3)4/h5-11,16,19,21,27H,12-15,17-18H2,1-4H3,(H,28,29,30). The first-order valence-corrected chi connectivity index (χ1v) is 11.7. The van der Waals surface area contributed by atoms with Crippen molar-refractivity contribution in [2.75, 3.05) is 49.9 Å². The molecule has 0 spiro atoms. The van der Waals surface area contributed by atoms with E-state index in [0.29, 0.717) is 6.04 Å². The highest BCUT2D eigenvalue weighted by atomic mass is 15.2. The van der Waals surface area contributed by atoms with Gasteiger partial charge >= 0.3 is 0 Å². The predicted octanol–water partition coefficient (Wildman–Crippen LogP) is 4.52. The number of nitrogens with one attached hydrogen (secondary N) is 2. The van der Waals surface area contributed by atoms with E-state index in [9.17, 15) is 0 Å². The van der Waals surface area contributed by atoms with Crippen LogP contribution in [0.2, 0.25) is 0 Å². The number of nitrogens with zero attached hydrogens (tertiary/aromatic N) is 4. The van der Waals surface area contributed by atoms with Crippen molar-refractivity contribution in [1.82, 2.24) is 15.3 Å². The van der Waals surface area contributed by atoms with Crippen LogP contribution in [0.5, 0.6) is 0 Å². The first kappa shape index (κ1) is 22.3. The van der Waals surface area contributed by atoms with Crippen molar-refractivity contribution in [2.45, 2.75) is 38.3 Å². The molecule has 170 valence electrons. The van der Waals surface area contributed by atoms with Gasteiger partial charge in [0.2, 0.25) is 5.95 Å². The number of hydrogen-bond acceptors (Lipinski definition) is 6. The monoisotopic (exact) mass is 432 g/mol. The SMILES string of the molecule is CN(C)c1cccc(CNCC2CCC(Nc3nc(N(C)C)c4ccccc4n3)CC2)c1. The van der Waals surface area contributed by atoms with Crippen LogP contribution in [0.4, 0.5) is 17.5 Å². The Kier molecular flexibility index (Phi) is 7.10. The molecule has 3 aromatic rings. The third-order valence-corrected chi connectivity index (χ3v) is 6.38. The van der Waals surface area contributed by atoms with E-state index in [2.05, 4.69) is 70.9 Å². The van der Waals surface area contributed by atoms with E-state index in [4.69, 9.17) is 9.97 Å². The van der Waals surface area contributed by atoms with Gasteiger partial charge in [-0.05, 0) is 68.0 Å². The zero-order valence-corrected chi connectivity index (χ0v) is 19.8. The van der Waals surface area contributed by atoms with Gasteiger partial charge in [-0.1, -0.05) is 24.3 Å². The van der Waals surface area contributed by atoms with E-state index < -0.39 is 0 Å². The van der Waals surface area contributed by atoms with Gasteiger partial charge in [-0.15, -0.1) is 0 Å². The lowest BCUT2D eigenvalue weighted by atomic mass is 9.86. The molecule has 1 fully saturated rings. The number of fused-ring (bicyclic) bond motifs is 1. The Labute approximate surface area is 192 Å². The average Bonchev–Trinajstić information content (AvgIpc) is 2.80. The maximum absolute atomic E-state index is 4.80. The summed E-state index contributed by atoms with van der Waals surface area (Å²) < 4.78 is 0. The molecular weight excluding hydrogens is 396 g/mol. The summed E-state index contributed by atoms with van der Waals surface area (Å²) in [5, 5.41) is 8.38. The smallest absolute Gasteiger partial charge is 0.225 e. The van der Waals surface area contributed by atoms with Crippen molar-refractivity contribution >= 4 is 28.4 Å². The zero-order valence-electron chi connectivity index (χ0n) is 19.8. The lowest BCUT2D eigenvalue weighted by molar-refractivity contribution is 0.324. The first-order valence-electron chi connectivity index (χ1n) is 11.7. The molecule has 1 aliphatic rings. The molecule has 32 heavy (non-hydrogen) atoms. The fourth-order valence-electron chi connectivity index (χ4n) is 4.52. The third kappa shape index (κ3) is 5.49. The molecule has 0 unspecified atom stereocenters. The van der Waals surface area contributed by atoms with E-state index in [1.807, 2.05) is 26.2 Å². The Morgan fingerprint density at radius 3 is 2.41 bits per heavy atom. The summed E-state index contributed by atoms with van der Waals surface area (Å²) in [5.41, 5.74) is 3.59. The Morgan fingerprint density at radius 2 is 1.66 bits per heavy atom. The first-order chi connectivity index (χ1) is 15.5. The Hall–Kier alpha value is -2.86. The molecule has 0 radical (unpaired) electrons. The van der Waals surface area contributed by atoms with Crippen molar-refractivity contribution in [3.8, 4) is 0 Å². The number of rotatable bonds is 8. The van der Waals surface area contributed by atoms with Gasteiger partial charge in [-0.25, -0.2) is 4.98 Å². The summed E-state index contributed by atoms with van der Waals surface area (Å²) in [5.74, 6) is 2.45. The van der Waals surface area contributed by atoms with Crippen LogP contribution in [-0.4, -0.2) is 50.7 Å². The van der Waals surface area contributed by atoms with Crippen LogP contribution in [0.25, 0.3) is 10.9 Å². The normalized spacial score (nSPS) is 18.5. The molecule has 2 aromatic carbocycles. The second-order valence-corrected chi connectivity index (χ2v) is 9.34. The molecule has 2 N–H and O–H groups in total. The molecule has 1 aliphatic carbocycles. The van der Waals surface area contributed by atoms with Crippen LogP contribution in [0.1, 0.15) is 31.2 Å². The Bertz CT molecular complexity index is 1020. The molecule has 0 aliphatic heterocycles. The van der Waals surface area contributed by atoms with Gasteiger partial charge < -0.3 is 20.4 Å². The van der Waals surface area contributed by atoms with Crippen molar-refractivity contribution in [1.29, 1.82) is 0 Å². The highest BCUT2D eigenvalue weighted by Crippen LogP contribution is 2.28. The molecule has 0 saturated heterocycles. The van der Waals surface area contributed by atoms with Gasteiger partial charge in [0, 0.05) is 51.9 Å². The van der Waals surface area contributed by atoms with E-state index in [1.165, 1.54) is 24.1 Å². The zero-order chi connectivity index (χ0) is 22.5. The van der Waals surface area contributed by atoms with Crippen molar-refractivity contribution in [3.63, 3.8) is 0 Å². The summed E-state index contributed by atoms with van der Waals surface area (Å²) >= 11 is 0. The maximum Gasteiger partial charge on any atom is 0.225 e. The maximum atomic E-state index is 4.80. The van der Waals surface area contributed by atoms with Crippen LogP contribution in [0.15, 0.2) is 48.5 Å². The number of para-hydroxylation sites is 1. The molecule has 1 heterocycles. The Morgan fingerprint density at radius 1 is 0.875 bits per heavy atom. The van der Waals surface area contributed by atoms with Crippen molar-refractivity contribution in [2.24, 2.45) is 5.92 Å². The molecule has 6 heteroatoms. The summed E-state index contributed by atoms with van der Waals surface area (Å²) in [6, 6.07) is 17.4. The second kappa shape index (κ2) is 10.2. The van der Waals surface area contributed by atoms with Gasteiger partial charge in [0.15, 0.2) is 0 Å². The quantitative estimate of drug-likeness (QED) is 0.546. The van der Waals surface area contributed by atoms with Gasteiger partial charge in [0.1, 0.15) is 5.82 Å². The van der Waals surface area contributed by atoms with E-state index in [-0.39, 0.29) is 0 Å². The predicted molar refractivity (Wildman–Crippen MR) is 136 cm³/mol. The highest BCUT2D eigenvalue weighted by molar-refractivity contribution is 5.90. The van der Waals surface area contributed by atoms with E-state index in [1.54, 1.807) is 0 Å². The molecule has 1 saturated carbocycles. The summed E-state index contributed by atoms with van der Waals surface area (Å²) in [4.78, 5) is 13.8. The number of benzene rings is 2. The Balaban J connectivity index is 1.28. The number of anilines is 3. The fraction of sp³-hybridized carbons (Fsp3) is 0.462. The van der Waals surface area contributed by atoms with Crippen LogP contribution >= 0.6 is 0 Å². The lowest BCUT2D eigenvalue weighted by Crippen LogP contribution is -2.31. The topological polar surface area (TPSA) is 56.3 Å². The van der Waals surface area contributed by atoms with E-state index >= 15 is 0 Å². The van der Waals surface area contributed by atoms with Crippen LogP contribution in [0, 0.1) is 5.92 Å². The van der Waals surface area contributed by atoms with E-state index in [0.717, 1.165) is 54.5 Å². The van der Waals surface area contributed by atoms with Crippen LogP contribution in [-0.2, 0) is 6.54 Å². The molecule has 1 aromatic heterocycles. The molecule has 0 amide bonds. The fourth-order valence-corrected chi connectivity index (χ4v) is 4.52. The van der Waals surface area contributed by atoms with Crippen molar-refractivity contribution < 1.29 is 0 Å². The van der Waals surface area contributed by atoms with Gasteiger partial charge in [0.05, 0.1) is 5.52 Å². The number of aromatic nitrogens is 2. The number of hydrogen-bond donors (Lipinski definition) is 2. The van der Waals surface area contributed by atoms with Gasteiger partial charge in [-0.2, -0.15) is 4.98 Å². The summed E-state index contributed by atoms with van der Waals surface area (Å²) in [7, 11) is 8.24. The highest BCUT2D eigenvalue weighted by Gasteiger charge is 2.22. The van der Waals surface area contributed by atoms with Crippen molar-refractivity contribution in [3.05, 3.63) is 54.1 Å². The lowest BCUT2D eigenvalue weighted by Gasteiger charge is -2.29. The minimum atomic E-state index is 0.444. The molecule has 0 bridgehead atoms.